The number of phosphoric acid groups is 1. The molecule has 0 aliphatic heterocycles. The standard InChI is InChI=1S/C45H88NO12P/c1-3-5-7-9-11-13-14-15-16-17-18-19-20-21-22-23-24-25-26-28-30-32-36(47)34-39(49)46-37(38(48)33-31-29-27-12-10-8-6-4-2)35-57-59(55,56)58-45-43(53)41(51)40(50)42(52)44(45)54/h21-22,36-38,40-45,47-48,50-54H,3-20,23-35H2,1-2H3,(H,46,49)(H,55,56)/b22-21-. The van der Waals surface area contributed by atoms with Crippen molar-refractivity contribution in [1.29, 1.82) is 0 Å². The highest BCUT2D eigenvalue weighted by atomic mass is 31.2. The van der Waals surface area contributed by atoms with Gasteiger partial charge >= 0.3 is 7.82 Å². The van der Waals surface area contributed by atoms with E-state index in [1.165, 1.54) is 89.9 Å². The fraction of sp³-hybridized carbons (Fsp3) is 0.933. The number of hydrogen-bond donors (Lipinski definition) is 9. The molecule has 59 heavy (non-hydrogen) atoms. The minimum atomic E-state index is -5.11. The van der Waals surface area contributed by atoms with Crippen LogP contribution in [0.1, 0.15) is 206 Å². The third-order valence-corrected chi connectivity index (χ3v) is 12.6. The van der Waals surface area contributed by atoms with Crippen LogP contribution >= 0.6 is 7.82 Å². The Balaban J connectivity index is 2.39. The van der Waals surface area contributed by atoms with Gasteiger partial charge in [0.2, 0.25) is 5.91 Å². The zero-order valence-corrected chi connectivity index (χ0v) is 37.8. The highest BCUT2D eigenvalue weighted by Crippen LogP contribution is 2.47. The molecule has 1 rings (SSSR count). The predicted octanol–water partition coefficient (Wildman–Crippen LogP) is 7.81. The number of allylic oxidation sites excluding steroid dienone is 2. The number of rotatable bonds is 39. The number of unbranched alkanes of at least 4 members (excludes halogenated alkanes) is 24. The number of phosphoric ester groups is 1. The minimum absolute atomic E-state index is 0.225. The number of aliphatic hydroxyl groups excluding tert-OH is 7. The molecule has 8 atom stereocenters. The summed E-state index contributed by atoms with van der Waals surface area (Å²) in [6.45, 7) is 3.74. The second-order valence-electron chi connectivity index (χ2n) is 17.1. The van der Waals surface area contributed by atoms with Gasteiger partial charge in [0, 0.05) is 0 Å². The lowest BCUT2D eigenvalue weighted by Crippen LogP contribution is -2.64. The van der Waals surface area contributed by atoms with Crippen LogP contribution in [-0.4, -0.2) is 108 Å². The Morgan fingerprint density at radius 1 is 0.576 bits per heavy atom. The molecule has 1 aliphatic carbocycles. The molecule has 0 spiro atoms. The number of aliphatic hydroxyl groups is 7. The molecule has 350 valence electrons. The van der Waals surface area contributed by atoms with Crippen molar-refractivity contribution in [3.05, 3.63) is 12.2 Å². The van der Waals surface area contributed by atoms with Gasteiger partial charge in [-0.25, -0.2) is 4.57 Å². The van der Waals surface area contributed by atoms with Crippen LogP contribution in [0.2, 0.25) is 0 Å². The van der Waals surface area contributed by atoms with Crippen LogP contribution < -0.4 is 5.32 Å². The van der Waals surface area contributed by atoms with Gasteiger partial charge in [0.1, 0.15) is 36.6 Å². The molecule has 9 N–H and O–H groups in total. The van der Waals surface area contributed by atoms with Gasteiger partial charge < -0.3 is 46.0 Å². The van der Waals surface area contributed by atoms with E-state index in [1.807, 2.05) is 0 Å². The lowest BCUT2D eigenvalue weighted by molar-refractivity contribution is -0.220. The maximum absolute atomic E-state index is 13.0. The van der Waals surface area contributed by atoms with Crippen molar-refractivity contribution in [2.24, 2.45) is 0 Å². The molecule has 0 aromatic heterocycles. The van der Waals surface area contributed by atoms with E-state index >= 15 is 0 Å². The molecule has 0 saturated heterocycles. The van der Waals surface area contributed by atoms with Gasteiger partial charge in [-0.15, -0.1) is 0 Å². The first-order valence-electron chi connectivity index (χ1n) is 23.7. The maximum Gasteiger partial charge on any atom is 0.472 e. The third kappa shape index (κ3) is 27.7. The summed E-state index contributed by atoms with van der Waals surface area (Å²) in [5, 5.41) is 74.4. The van der Waals surface area contributed by atoms with Crippen molar-refractivity contribution in [1.82, 2.24) is 5.32 Å². The lowest BCUT2D eigenvalue weighted by atomic mass is 9.85. The Morgan fingerprint density at radius 3 is 1.39 bits per heavy atom. The smallest absolute Gasteiger partial charge is 0.393 e. The first-order valence-corrected chi connectivity index (χ1v) is 25.2. The van der Waals surface area contributed by atoms with Crippen LogP contribution in [-0.2, 0) is 18.4 Å². The molecule has 0 bridgehead atoms. The summed E-state index contributed by atoms with van der Waals surface area (Å²) in [6, 6.07) is -1.15. The van der Waals surface area contributed by atoms with Gasteiger partial charge in [0.15, 0.2) is 0 Å². The first-order chi connectivity index (χ1) is 28.3. The molecule has 13 nitrogen and oxygen atoms in total. The van der Waals surface area contributed by atoms with E-state index in [0.717, 1.165) is 77.0 Å². The fourth-order valence-electron chi connectivity index (χ4n) is 7.71. The first kappa shape index (κ1) is 56.1. The molecule has 0 radical (unpaired) electrons. The second kappa shape index (κ2) is 35.5. The van der Waals surface area contributed by atoms with E-state index in [1.54, 1.807) is 0 Å². The van der Waals surface area contributed by atoms with Crippen molar-refractivity contribution in [2.75, 3.05) is 6.61 Å². The summed E-state index contributed by atoms with van der Waals surface area (Å²) in [6.07, 6.45) is 23.0. The number of carbonyl (C=O) groups is 1. The van der Waals surface area contributed by atoms with Crippen LogP contribution in [0, 0.1) is 0 Å². The summed E-state index contributed by atoms with van der Waals surface area (Å²) in [4.78, 5) is 23.4. The van der Waals surface area contributed by atoms with Gasteiger partial charge in [0.05, 0.1) is 31.3 Å². The van der Waals surface area contributed by atoms with Gasteiger partial charge in [0.25, 0.3) is 0 Å². The molecule has 0 aromatic carbocycles. The Labute approximate surface area is 357 Å². The molecular weight excluding hydrogens is 777 g/mol. The average molecular weight is 866 g/mol. The average Bonchev–Trinajstić information content (AvgIpc) is 3.21. The van der Waals surface area contributed by atoms with E-state index in [2.05, 4.69) is 31.3 Å². The molecule has 14 heteroatoms. The van der Waals surface area contributed by atoms with Gasteiger partial charge in [-0.05, 0) is 38.5 Å². The lowest BCUT2D eigenvalue weighted by Gasteiger charge is -2.41. The Kier molecular flexibility index (Phi) is 33.7. The SMILES string of the molecule is CCCCCCCCCCCCCC/C=C\CCCCCCCC(O)CC(=O)NC(COP(=O)(O)OC1C(O)C(O)C(O)C(O)C1O)C(O)CCCCCCCCCC. The highest BCUT2D eigenvalue weighted by Gasteiger charge is 2.51. The van der Waals surface area contributed by atoms with Crippen molar-refractivity contribution >= 4 is 13.7 Å². The van der Waals surface area contributed by atoms with E-state index in [0.29, 0.717) is 12.8 Å². The van der Waals surface area contributed by atoms with E-state index < -0.39 is 75.2 Å². The molecule has 1 saturated carbocycles. The monoisotopic (exact) mass is 866 g/mol. The summed E-state index contributed by atoms with van der Waals surface area (Å²) in [5.41, 5.74) is 0. The van der Waals surface area contributed by atoms with Crippen molar-refractivity contribution in [3.8, 4) is 0 Å². The van der Waals surface area contributed by atoms with Crippen molar-refractivity contribution in [3.63, 3.8) is 0 Å². The number of amides is 1. The summed E-state index contributed by atoms with van der Waals surface area (Å²) < 4.78 is 22.8. The van der Waals surface area contributed by atoms with Crippen LogP contribution in [0.4, 0.5) is 0 Å². The summed E-state index contributed by atoms with van der Waals surface area (Å²) in [5.74, 6) is -0.566. The van der Waals surface area contributed by atoms with Crippen LogP contribution in [0.3, 0.4) is 0 Å². The molecule has 0 aromatic rings. The molecule has 1 amide bonds. The van der Waals surface area contributed by atoms with Crippen molar-refractivity contribution in [2.45, 2.75) is 261 Å². The van der Waals surface area contributed by atoms with E-state index in [4.69, 9.17) is 9.05 Å². The zero-order chi connectivity index (χ0) is 43.7. The molecule has 1 aliphatic rings. The topological polar surface area (TPSA) is 226 Å². The van der Waals surface area contributed by atoms with Crippen LogP contribution in [0.15, 0.2) is 12.2 Å². The Morgan fingerprint density at radius 2 is 0.949 bits per heavy atom. The Hall–Kier alpha value is -0.960. The fourth-order valence-corrected chi connectivity index (χ4v) is 8.68. The third-order valence-electron chi connectivity index (χ3n) is 11.6. The van der Waals surface area contributed by atoms with Gasteiger partial charge in [-0.3, -0.25) is 13.8 Å². The number of hydrogen-bond acceptors (Lipinski definition) is 11. The highest BCUT2D eigenvalue weighted by molar-refractivity contribution is 7.47. The van der Waals surface area contributed by atoms with Crippen molar-refractivity contribution < 1.29 is 59.0 Å². The Bertz CT molecular complexity index is 1070. The summed E-state index contributed by atoms with van der Waals surface area (Å²) in [7, 11) is -5.11. The van der Waals surface area contributed by atoms with E-state index in [-0.39, 0.29) is 12.8 Å². The quantitative estimate of drug-likeness (QED) is 0.0164. The molecule has 8 unspecified atom stereocenters. The van der Waals surface area contributed by atoms with Crippen LogP contribution in [0.5, 0.6) is 0 Å². The predicted molar refractivity (Wildman–Crippen MR) is 234 cm³/mol. The largest absolute Gasteiger partial charge is 0.472 e. The normalized spacial score (nSPS) is 23.6. The molecule has 0 heterocycles. The molecule has 1 fully saturated rings. The number of carbonyl (C=O) groups excluding carboxylic acids is 1. The van der Waals surface area contributed by atoms with E-state index in [9.17, 15) is 50.0 Å². The minimum Gasteiger partial charge on any atom is -0.393 e. The maximum atomic E-state index is 13.0. The van der Waals surface area contributed by atoms with Crippen LogP contribution in [0.25, 0.3) is 0 Å². The second-order valence-corrected chi connectivity index (χ2v) is 18.6. The number of nitrogens with one attached hydrogen (secondary N) is 1. The van der Waals surface area contributed by atoms with Gasteiger partial charge in [-0.1, -0.05) is 174 Å². The zero-order valence-electron chi connectivity index (χ0n) is 36.9. The van der Waals surface area contributed by atoms with Gasteiger partial charge in [-0.2, -0.15) is 0 Å². The summed E-state index contributed by atoms with van der Waals surface area (Å²) >= 11 is 0. The molecular formula is C45H88NO12P.